The molecule has 0 N–H and O–H groups in total. The molecular formula is C17H18O3S. The second-order valence-electron chi connectivity index (χ2n) is 4.44. The maximum absolute atomic E-state index is 11.7. The third-order valence-corrected chi connectivity index (χ3v) is 3.77. The molecule has 110 valence electrons. The zero-order valence-corrected chi connectivity index (χ0v) is 12.8. The molecule has 2 aromatic carbocycles. The fourth-order valence-electron chi connectivity index (χ4n) is 1.82. The van der Waals surface area contributed by atoms with Crippen molar-refractivity contribution in [1.29, 1.82) is 0 Å². The van der Waals surface area contributed by atoms with E-state index in [0.29, 0.717) is 18.8 Å². The van der Waals surface area contributed by atoms with Crippen LogP contribution >= 0.6 is 11.8 Å². The van der Waals surface area contributed by atoms with Crippen molar-refractivity contribution in [2.75, 3.05) is 13.0 Å². The Hall–Kier alpha value is -1.94. The molecule has 0 aliphatic carbocycles. The lowest BCUT2D eigenvalue weighted by Gasteiger charge is -2.06. The lowest BCUT2D eigenvalue weighted by Crippen LogP contribution is -2.05. The van der Waals surface area contributed by atoms with Crippen LogP contribution in [0.25, 0.3) is 0 Å². The quantitative estimate of drug-likeness (QED) is 0.441. The van der Waals surface area contributed by atoms with Crippen LogP contribution in [0.3, 0.4) is 0 Å². The van der Waals surface area contributed by atoms with E-state index in [1.54, 1.807) is 7.11 Å². The van der Waals surface area contributed by atoms with Gasteiger partial charge in [-0.25, -0.2) is 0 Å². The predicted molar refractivity (Wildman–Crippen MR) is 84.6 cm³/mol. The van der Waals surface area contributed by atoms with Crippen LogP contribution in [-0.4, -0.2) is 19.0 Å². The van der Waals surface area contributed by atoms with Crippen molar-refractivity contribution in [3.63, 3.8) is 0 Å². The molecule has 0 unspecified atom stereocenters. The van der Waals surface area contributed by atoms with E-state index in [1.807, 2.05) is 54.6 Å². The van der Waals surface area contributed by atoms with Crippen LogP contribution in [0.5, 0.6) is 5.75 Å². The van der Waals surface area contributed by atoms with Gasteiger partial charge in [-0.05, 0) is 30.2 Å². The van der Waals surface area contributed by atoms with Crippen molar-refractivity contribution in [3.8, 4) is 5.75 Å². The number of carbonyl (C=O) groups excluding carboxylic acids is 1. The average Bonchev–Trinajstić information content (AvgIpc) is 2.54. The largest absolute Gasteiger partial charge is 0.497 e. The zero-order chi connectivity index (χ0) is 14.9. The lowest BCUT2D eigenvalue weighted by molar-refractivity contribution is -0.141. The standard InChI is InChI=1S/C17H18O3S/c1-19-15-8-5-9-16(12-15)21-13-20-17(18)11-10-14-6-3-2-4-7-14/h2-9,12H,10-11,13H2,1H3. The molecule has 0 heterocycles. The highest BCUT2D eigenvalue weighted by atomic mass is 32.2. The summed E-state index contributed by atoms with van der Waals surface area (Å²) in [6.07, 6.45) is 1.12. The number of hydrogen-bond donors (Lipinski definition) is 0. The summed E-state index contributed by atoms with van der Waals surface area (Å²) in [5.74, 6) is 0.950. The first kappa shape index (κ1) is 15.4. The number of rotatable bonds is 7. The Bertz CT molecular complexity index is 569. The van der Waals surface area contributed by atoms with Gasteiger partial charge in [0.2, 0.25) is 0 Å². The average molecular weight is 302 g/mol. The van der Waals surface area contributed by atoms with E-state index in [-0.39, 0.29) is 5.97 Å². The van der Waals surface area contributed by atoms with Crippen molar-refractivity contribution in [1.82, 2.24) is 0 Å². The summed E-state index contributed by atoms with van der Waals surface area (Å²) in [6, 6.07) is 17.6. The first-order chi connectivity index (χ1) is 10.3. The maximum atomic E-state index is 11.7. The van der Waals surface area contributed by atoms with Crippen LogP contribution in [-0.2, 0) is 16.0 Å². The number of ether oxygens (including phenoxy) is 2. The van der Waals surface area contributed by atoms with Crippen molar-refractivity contribution < 1.29 is 14.3 Å². The molecule has 0 aromatic heterocycles. The Morgan fingerprint density at radius 3 is 2.67 bits per heavy atom. The third kappa shape index (κ3) is 5.52. The first-order valence-corrected chi connectivity index (χ1v) is 7.73. The molecule has 2 rings (SSSR count). The minimum atomic E-state index is -0.172. The van der Waals surface area contributed by atoms with Crippen LogP contribution in [0.4, 0.5) is 0 Å². The van der Waals surface area contributed by atoms with Gasteiger partial charge in [-0.1, -0.05) is 48.2 Å². The molecule has 0 amide bonds. The van der Waals surface area contributed by atoms with Gasteiger partial charge in [0.05, 0.1) is 7.11 Å². The Morgan fingerprint density at radius 1 is 1.10 bits per heavy atom. The summed E-state index contributed by atoms with van der Waals surface area (Å²) in [4.78, 5) is 12.7. The predicted octanol–water partition coefficient (Wildman–Crippen LogP) is 3.92. The maximum Gasteiger partial charge on any atom is 0.306 e. The van der Waals surface area contributed by atoms with E-state index in [2.05, 4.69) is 0 Å². The molecule has 3 nitrogen and oxygen atoms in total. The zero-order valence-electron chi connectivity index (χ0n) is 12.0. The van der Waals surface area contributed by atoms with Crippen molar-refractivity contribution in [2.45, 2.75) is 17.7 Å². The molecule has 0 saturated carbocycles. The summed E-state index contributed by atoms with van der Waals surface area (Å²) in [6.45, 7) is 0. The molecule has 2 aromatic rings. The normalized spacial score (nSPS) is 10.1. The number of esters is 1. The molecule has 21 heavy (non-hydrogen) atoms. The van der Waals surface area contributed by atoms with Crippen molar-refractivity contribution in [3.05, 3.63) is 60.2 Å². The number of thioether (sulfide) groups is 1. The number of aryl methyl sites for hydroxylation is 1. The first-order valence-electron chi connectivity index (χ1n) is 6.74. The molecule has 0 bridgehead atoms. The SMILES string of the molecule is COc1cccc(SCOC(=O)CCc2ccccc2)c1. The van der Waals surface area contributed by atoms with Crippen LogP contribution in [0.15, 0.2) is 59.5 Å². The summed E-state index contributed by atoms with van der Waals surface area (Å²) in [5, 5.41) is 0. The Kier molecular flexibility index (Phi) is 6.16. The highest BCUT2D eigenvalue weighted by Gasteiger charge is 2.04. The highest BCUT2D eigenvalue weighted by molar-refractivity contribution is 7.99. The van der Waals surface area contributed by atoms with E-state index in [0.717, 1.165) is 16.2 Å². The summed E-state index contributed by atoms with van der Waals surface area (Å²) < 4.78 is 10.4. The van der Waals surface area contributed by atoms with Crippen LogP contribution in [0, 0.1) is 0 Å². The molecule has 0 saturated heterocycles. The minimum absolute atomic E-state index is 0.172. The van der Waals surface area contributed by atoms with Gasteiger partial charge in [-0.2, -0.15) is 0 Å². The number of carbonyl (C=O) groups is 1. The van der Waals surface area contributed by atoms with Gasteiger partial charge in [0.1, 0.15) is 11.7 Å². The van der Waals surface area contributed by atoms with Gasteiger partial charge < -0.3 is 9.47 Å². The van der Waals surface area contributed by atoms with Crippen LogP contribution < -0.4 is 4.74 Å². The van der Waals surface area contributed by atoms with Gasteiger partial charge in [0.15, 0.2) is 0 Å². The van der Waals surface area contributed by atoms with Gasteiger partial charge in [-0.15, -0.1) is 0 Å². The number of hydrogen-bond acceptors (Lipinski definition) is 4. The van der Waals surface area contributed by atoms with Gasteiger partial charge >= 0.3 is 5.97 Å². The lowest BCUT2D eigenvalue weighted by atomic mass is 10.1. The van der Waals surface area contributed by atoms with E-state index in [1.165, 1.54) is 11.8 Å². The fourth-order valence-corrected chi connectivity index (χ4v) is 2.52. The topological polar surface area (TPSA) is 35.5 Å². The molecular weight excluding hydrogens is 284 g/mol. The molecule has 0 atom stereocenters. The van der Waals surface area contributed by atoms with E-state index in [4.69, 9.17) is 9.47 Å². The highest BCUT2D eigenvalue weighted by Crippen LogP contribution is 2.22. The molecule has 4 heteroatoms. The smallest absolute Gasteiger partial charge is 0.306 e. The van der Waals surface area contributed by atoms with Crippen LogP contribution in [0.1, 0.15) is 12.0 Å². The van der Waals surface area contributed by atoms with Gasteiger partial charge in [0.25, 0.3) is 0 Å². The second kappa shape index (κ2) is 8.37. The molecule has 0 fully saturated rings. The second-order valence-corrected chi connectivity index (χ2v) is 5.44. The third-order valence-electron chi connectivity index (χ3n) is 2.95. The fraction of sp³-hybridized carbons (Fsp3) is 0.235. The Morgan fingerprint density at radius 2 is 1.90 bits per heavy atom. The summed E-state index contributed by atoms with van der Waals surface area (Å²) in [5.41, 5.74) is 1.15. The number of benzene rings is 2. The van der Waals surface area contributed by atoms with E-state index in [9.17, 15) is 4.79 Å². The van der Waals surface area contributed by atoms with E-state index >= 15 is 0 Å². The molecule has 0 radical (unpaired) electrons. The monoisotopic (exact) mass is 302 g/mol. The molecule has 0 spiro atoms. The number of methoxy groups -OCH3 is 1. The van der Waals surface area contributed by atoms with Crippen LogP contribution in [0.2, 0.25) is 0 Å². The Balaban J connectivity index is 1.69. The Labute approximate surface area is 129 Å². The van der Waals surface area contributed by atoms with Gasteiger partial charge in [0, 0.05) is 11.3 Å². The van der Waals surface area contributed by atoms with Crippen molar-refractivity contribution >= 4 is 17.7 Å². The minimum Gasteiger partial charge on any atom is -0.497 e. The van der Waals surface area contributed by atoms with Gasteiger partial charge in [-0.3, -0.25) is 4.79 Å². The summed E-state index contributed by atoms with van der Waals surface area (Å²) >= 11 is 1.48. The molecule has 0 aliphatic rings. The molecule has 0 aliphatic heterocycles. The van der Waals surface area contributed by atoms with E-state index < -0.39 is 0 Å². The summed E-state index contributed by atoms with van der Waals surface area (Å²) in [7, 11) is 1.63. The van der Waals surface area contributed by atoms with Crippen molar-refractivity contribution in [2.24, 2.45) is 0 Å².